The number of rotatable bonds is 4. The molecule has 2 heterocycles. The summed E-state index contributed by atoms with van der Waals surface area (Å²) in [7, 11) is 0. The van der Waals surface area contributed by atoms with E-state index in [4.69, 9.17) is 4.74 Å². The second-order valence-electron chi connectivity index (χ2n) is 6.77. The molecule has 1 spiro atoms. The normalized spacial score (nSPS) is 34.4. The van der Waals surface area contributed by atoms with Gasteiger partial charge in [-0.15, -0.1) is 0 Å². The Morgan fingerprint density at radius 1 is 1.21 bits per heavy atom. The maximum atomic E-state index is 6.07. The lowest BCUT2D eigenvalue weighted by Gasteiger charge is -2.50. The van der Waals surface area contributed by atoms with Gasteiger partial charge in [0, 0.05) is 25.2 Å². The lowest BCUT2D eigenvalue weighted by atomic mass is 9.73. The number of hydrogen-bond acceptors (Lipinski definition) is 3. The molecule has 1 aliphatic carbocycles. The van der Waals surface area contributed by atoms with Crippen LogP contribution in [0.15, 0.2) is 0 Å². The monoisotopic (exact) mass is 266 g/mol. The van der Waals surface area contributed by atoms with E-state index in [9.17, 15) is 0 Å². The first-order chi connectivity index (χ1) is 9.31. The number of piperidine rings is 1. The fraction of sp³-hybridized carbons (Fsp3) is 1.00. The molecule has 2 saturated heterocycles. The fourth-order valence-electron chi connectivity index (χ4n) is 4.13. The molecule has 3 nitrogen and oxygen atoms in total. The summed E-state index contributed by atoms with van der Waals surface area (Å²) >= 11 is 0. The Balaban J connectivity index is 1.54. The lowest BCUT2D eigenvalue weighted by Crippen LogP contribution is -2.54. The van der Waals surface area contributed by atoms with E-state index in [0.717, 1.165) is 18.7 Å². The van der Waals surface area contributed by atoms with E-state index in [2.05, 4.69) is 17.1 Å². The van der Waals surface area contributed by atoms with Crippen molar-refractivity contribution in [2.24, 2.45) is 0 Å². The van der Waals surface area contributed by atoms with Crippen molar-refractivity contribution in [2.75, 3.05) is 26.2 Å². The summed E-state index contributed by atoms with van der Waals surface area (Å²) in [5.74, 6) is 0. The van der Waals surface area contributed by atoms with Crippen LogP contribution in [-0.2, 0) is 4.74 Å². The minimum Gasteiger partial charge on any atom is -0.375 e. The Bertz CT molecular complexity index is 284. The summed E-state index contributed by atoms with van der Waals surface area (Å²) in [5, 5.41) is 3.70. The van der Waals surface area contributed by atoms with Gasteiger partial charge in [-0.25, -0.2) is 0 Å². The van der Waals surface area contributed by atoms with E-state index in [0.29, 0.717) is 0 Å². The second kappa shape index (κ2) is 6.11. The molecule has 3 heteroatoms. The molecule has 3 rings (SSSR count). The maximum Gasteiger partial charge on any atom is 0.0697 e. The van der Waals surface area contributed by atoms with Crippen LogP contribution in [0, 0.1) is 0 Å². The van der Waals surface area contributed by atoms with E-state index in [1.54, 1.807) is 0 Å². The molecule has 0 aromatic rings. The predicted octanol–water partition coefficient (Wildman–Crippen LogP) is 2.55. The number of hydrogen-bond donors (Lipinski definition) is 1. The quantitative estimate of drug-likeness (QED) is 0.846. The number of ether oxygens (including phenoxy) is 1. The summed E-state index contributed by atoms with van der Waals surface area (Å²) in [6.07, 6.45) is 10.7. The van der Waals surface area contributed by atoms with Crippen molar-refractivity contribution in [3.05, 3.63) is 0 Å². The largest absolute Gasteiger partial charge is 0.375 e. The Hall–Kier alpha value is -0.120. The van der Waals surface area contributed by atoms with Crippen molar-refractivity contribution in [1.29, 1.82) is 0 Å². The van der Waals surface area contributed by atoms with Crippen molar-refractivity contribution in [1.82, 2.24) is 10.2 Å². The molecule has 0 amide bonds. The van der Waals surface area contributed by atoms with E-state index in [1.807, 2.05) is 0 Å². The fourth-order valence-corrected chi connectivity index (χ4v) is 4.13. The smallest absolute Gasteiger partial charge is 0.0697 e. The molecule has 3 fully saturated rings. The van der Waals surface area contributed by atoms with Crippen molar-refractivity contribution in [3.8, 4) is 0 Å². The lowest BCUT2D eigenvalue weighted by molar-refractivity contribution is -0.148. The summed E-state index contributed by atoms with van der Waals surface area (Å²) in [4.78, 5) is 2.73. The number of likely N-dealkylation sites (N-methyl/N-ethyl adjacent to an activating group) is 1. The molecule has 1 saturated carbocycles. The molecule has 0 radical (unpaired) electrons. The molecule has 0 bridgehead atoms. The minimum atomic E-state index is 0.288. The summed E-state index contributed by atoms with van der Waals surface area (Å²) in [5.41, 5.74) is 0.288. The molecule has 2 aliphatic heterocycles. The Morgan fingerprint density at radius 2 is 2.11 bits per heavy atom. The van der Waals surface area contributed by atoms with Gasteiger partial charge in [0.05, 0.1) is 5.60 Å². The van der Waals surface area contributed by atoms with Gasteiger partial charge < -0.3 is 10.1 Å². The highest BCUT2D eigenvalue weighted by Crippen LogP contribution is 2.43. The van der Waals surface area contributed by atoms with Crippen LogP contribution in [0.3, 0.4) is 0 Å². The van der Waals surface area contributed by atoms with Crippen molar-refractivity contribution in [3.63, 3.8) is 0 Å². The zero-order chi connectivity index (χ0) is 13.1. The van der Waals surface area contributed by atoms with Gasteiger partial charge in [0.1, 0.15) is 0 Å². The third kappa shape index (κ3) is 3.14. The summed E-state index contributed by atoms with van der Waals surface area (Å²) in [6.45, 7) is 6.97. The van der Waals surface area contributed by atoms with Gasteiger partial charge in [0.25, 0.3) is 0 Å². The van der Waals surface area contributed by atoms with Crippen LogP contribution in [0.4, 0.5) is 0 Å². The zero-order valence-electron chi connectivity index (χ0n) is 12.5. The van der Waals surface area contributed by atoms with Crippen molar-refractivity contribution in [2.45, 2.75) is 76.0 Å². The van der Waals surface area contributed by atoms with E-state index >= 15 is 0 Å². The molecule has 1 N–H and O–H groups in total. The highest BCUT2D eigenvalue weighted by Gasteiger charge is 2.43. The molecule has 110 valence electrons. The maximum absolute atomic E-state index is 6.07. The Morgan fingerprint density at radius 3 is 2.74 bits per heavy atom. The molecule has 0 aromatic carbocycles. The molecule has 3 aliphatic rings. The van der Waals surface area contributed by atoms with E-state index in [1.165, 1.54) is 71.0 Å². The second-order valence-corrected chi connectivity index (χ2v) is 6.77. The van der Waals surface area contributed by atoms with Gasteiger partial charge in [0.15, 0.2) is 0 Å². The Kier molecular flexibility index (Phi) is 4.45. The average Bonchev–Trinajstić information content (AvgIpc) is 2.44. The van der Waals surface area contributed by atoms with Crippen LogP contribution in [-0.4, -0.2) is 48.8 Å². The average molecular weight is 266 g/mol. The standard InChI is InChI=1S/C16H30N2O/c1-2-18(13-14-6-3-4-10-17-14)15-7-11-19-16(12-15)8-5-9-16/h14-15,17H,2-13H2,1H3. The molecule has 19 heavy (non-hydrogen) atoms. The first-order valence-corrected chi connectivity index (χ1v) is 8.43. The van der Waals surface area contributed by atoms with Gasteiger partial charge in [-0.1, -0.05) is 13.3 Å². The van der Waals surface area contributed by atoms with Crippen molar-refractivity contribution >= 4 is 0 Å². The van der Waals surface area contributed by atoms with Crippen LogP contribution >= 0.6 is 0 Å². The number of nitrogens with zero attached hydrogens (tertiary/aromatic N) is 1. The van der Waals surface area contributed by atoms with Crippen LogP contribution in [0.2, 0.25) is 0 Å². The first-order valence-electron chi connectivity index (χ1n) is 8.43. The molecule has 0 aromatic heterocycles. The van der Waals surface area contributed by atoms with Crippen molar-refractivity contribution < 1.29 is 4.74 Å². The summed E-state index contributed by atoms with van der Waals surface area (Å²) < 4.78 is 6.07. The minimum absolute atomic E-state index is 0.288. The molecular weight excluding hydrogens is 236 g/mol. The van der Waals surface area contributed by atoms with Gasteiger partial charge in [-0.3, -0.25) is 4.90 Å². The predicted molar refractivity (Wildman–Crippen MR) is 78.4 cm³/mol. The Labute approximate surface area is 118 Å². The molecular formula is C16H30N2O. The first kappa shape index (κ1) is 13.8. The highest BCUT2D eigenvalue weighted by atomic mass is 16.5. The third-order valence-electron chi connectivity index (χ3n) is 5.52. The van der Waals surface area contributed by atoms with Gasteiger partial charge in [-0.05, 0) is 58.0 Å². The highest BCUT2D eigenvalue weighted by molar-refractivity contribution is 4.97. The van der Waals surface area contributed by atoms with Gasteiger partial charge in [-0.2, -0.15) is 0 Å². The van der Waals surface area contributed by atoms with E-state index in [-0.39, 0.29) is 5.60 Å². The summed E-state index contributed by atoms with van der Waals surface area (Å²) in [6, 6.07) is 1.50. The van der Waals surface area contributed by atoms with E-state index < -0.39 is 0 Å². The van der Waals surface area contributed by atoms with Gasteiger partial charge in [0.2, 0.25) is 0 Å². The molecule has 2 unspecified atom stereocenters. The van der Waals surface area contributed by atoms with Crippen LogP contribution < -0.4 is 5.32 Å². The zero-order valence-corrected chi connectivity index (χ0v) is 12.5. The topological polar surface area (TPSA) is 24.5 Å². The van der Waals surface area contributed by atoms with Crippen LogP contribution in [0.25, 0.3) is 0 Å². The van der Waals surface area contributed by atoms with Crippen LogP contribution in [0.1, 0.15) is 58.3 Å². The molecule has 2 atom stereocenters. The third-order valence-corrected chi connectivity index (χ3v) is 5.52. The number of nitrogens with one attached hydrogen (secondary N) is 1. The van der Waals surface area contributed by atoms with Gasteiger partial charge >= 0.3 is 0 Å². The SMILES string of the molecule is CCN(CC1CCCCN1)C1CCOC2(CCC2)C1. The van der Waals surface area contributed by atoms with Crippen LogP contribution in [0.5, 0.6) is 0 Å².